The van der Waals surface area contributed by atoms with Crippen molar-refractivity contribution in [2.75, 3.05) is 36.4 Å². The van der Waals surface area contributed by atoms with Gasteiger partial charge in [-0.15, -0.1) is 0 Å². The minimum Gasteiger partial charge on any atom is -0.367 e. The van der Waals surface area contributed by atoms with Crippen molar-refractivity contribution >= 4 is 34.8 Å². The Morgan fingerprint density at radius 2 is 1.75 bits per heavy atom. The smallest absolute Gasteiger partial charge is 0.255 e. The summed E-state index contributed by atoms with van der Waals surface area (Å²) in [5, 5.41) is 3.48. The van der Waals surface area contributed by atoms with Crippen LogP contribution in [0.2, 0.25) is 5.02 Å². The van der Waals surface area contributed by atoms with Gasteiger partial charge in [-0.1, -0.05) is 43.1 Å². The lowest BCUT2D eigenvalue weighted by atomic mass is 10.1. The van der Waals surface area contributed by atoms with Crippen LogP contribution in [0.25, 0.3) is 0 Å². The Morgan fingerprint density at radius 3 is 2.36 bits per heavy atom. The summed E-state index contributed by atoms with van der Waals surface area (Å²) < 4.78 is 0. The number of piperazine rings is 1. The van der Waals surface area contributed by atoms with Gasteiger partial charge in [0.25, 0.3) is 5.91 Å². The Hall–Kier alpha value is -2.53. The average Bonchev–Trinajstić information content (AvgIpc) is 2.67. The predicted molar refractivity (Wildman–Crippen MR) is 114 cm³/mol. The minimum absolute atomic E-state index is 0.0198. The zero-order valence-electron chi connectivity index (χ0n) is 16.5. The summed E-state index contributed by atoms with van der Waals surface area (Å²) in [7, 11) is 0. The highest BCUT2D eigenvalue weighted by molar-refractivity contribution is 6.33. The van der Waals surface area contributed by atoms with Crippen LogP contribution in [0.1, 0.15) is 29.8 Å². The second-order valence-corrected chi connectivity index (χ2v) is 7.86. The molecule has 2 aromatic rings. The number of hydrogen-bond acceptors (Lipinski definition) is 3. The van der Waals surface area contributed by atoms with Gasteiger partial charge in [0.15, 0.2) is 0 Å². The van der Waals surface area contributed by atoms with Crippen LogP contribution in [0.3, 0.4) is 0 Å². The highest BCUT2D eigenvalue weighted by Crippen LogP contribution is 2.30. The Kier molecular flexibility index (Phi) is 6.25. The maximum Gasteiger partial charge on any atom is 0.255 e. The van der Waals surface area contributed by atoms with E-state index in [0.717, 1.165) is 24.3 Å². The predicted octanol–water partition coefficient (Wildman–Crippen LogP) is 4.21. The molecule has 5 nitrogen and oxygen atoms in total. The molecule has 0 atom stereocenters. The molecule has 3 rings (SSSR count). The van der Waals surface area contributed by atoms with Crippen LogP contribution in [-0.4, -0.2) is 42.9 Å². The molecule has 1 fully saturated rings. The fraction of sp³-hybridized carbons (Fsp3) is 0.364. The van der Waals surface area contributed by atoms with Crippen molar-refractivity contribution in [1.82, 2.24) is 4.90 Å². The number of rotatable bonds is 4. The van der Waals surface area contributed by atoms with Crippen molar-refractivity contribution in [2.24, 2.45) is 5.92 Å². The van der Waals surface area contributed by atoms with Gasteiger partial charge >= 0.3 is 0 Å². The molecule has 0 saturated carbocycles. The normalized spacial score (nSPS) is 14.3. The Labute approximate surface area is 171 Å². The number of benzene rings is 2. The third-order valence-electron chi connectivity index (χ3n) is 4.91. The summed E-state index contributed by atoms with van der Waals surface area (Å²) in [6, 6.07) is 13.0. The van der Waals surface area contributed by atoms with Crippen molar-refractivity contribution in [2.45, 2.75) is 20.8 Å². The van der Waals surface area contributed by atoms with E-state index in [2.05, 4.69) is 10.2 Å². The number of nitrogens with zero attached hydrogens (tertiary/aromatic N) is 2. The molecule has 6 heteroatoms. The molecule has 1 heterocycles. The quantitative estimate of drug-likeness (QED) is 0.838. The van der Waals surface area contributed by atoms with Crippen molar-refractivity contribution in [3.8, 4) is 0 Å². The minimum atomic E-state index is -0.159. The van der Waals surface area contributed by atoms with Crippen LogP contribution in [0.5, 0.6) is 0 Å². The van der Waals surface area contributed by atoms with Crippen molar-refractivity contribution < 1.29 is 9.59 Å². The zero-order valence-corrected chi connectivity index (χ0v) is 17.3. The van der Waals surface area contributed by atoms with E-state index in [0.29, 0.717) is 29.4 Å². The van der Waals surface area contributed by atoms with Crippen LogP contribution < -0.4 is 10.2 Å². The van der Waals surface area contributed by atoms with E-state index in [9.17, 15) is 9.59 Å². The van der Waals surface area contributed by atoms with Gasteiger partial charge in [0.05, 0.1) is 10.7 Å². The summed E-state index contributed by atoms with van der Waals surface area (Å²) >= 11 is 6.49. The highest BCUT2D eigenvalue weighted by atomic mass is 35.5. The number of amides is 2. The van der Waals surface area contributed by atoms with E-state index in [1.807, 2.05) is 56.0 Å². The van der Waals surface area contributed by atoms with Gasteiger partial charge in [-0.25, -0.2) is 0 Å². The van der Waals surface area contributed by atoms with E-state index in [-0.39, 0.29) is 17.7 Å². The lowest BCUT2D eigenvalue weighted by Crippen LogP contribution is -2.50. The molecule has 1 saturated heterocycles. The topological polar surface area (TPSA) is 52.7 Å². The third-order valence-corrected chi connectivity index (χ3v) is 5.21. The molecule has 0 radical (unpaired) electrons. The van der Waals surface area contributed by atoms with Gasteiger partial charge < -0.3 is 15.1 Å². The molecule has 28 heavy (non-hydrogen) atoms. The first-order valence-electron chi connectivity index (χ1n) is 9.56. The van der Waals surface area contributed by atoms with Crippen LogP contribution in [-0.2, 0) is 4.79 Å². The van der Waals surface area contributed by atoms with Crippen molar-refractivity contribution in [3.05, 3.63) is 58.6 Å². The first kappa shape index (κ1) is 20.2. The number of aryl methyl sites for hydroxylation is 1. The molecular formula is C22H26ClN3O2. The van der Waals surface area contributed by atoms with Crippen LogP contribution in [0.4, 0.5) is 11.4 Å². The molecular weight excluding hydrogens is 374 g/mol. The molecule has 2 aromatic carbocycles. The monoisotopic (exact) mass is 399 g/mol. The van der Waals surface area contributed by atoms with Crippen LogP contribution >= 0.6 is 11.6 Å². The molecule has 0 aromatic heterocycles. The van der Waals surface area contributed by atoms with Gasteiger partial charge in [0.2, 0.25) is 5.91 Å². The number of carbonyl (C=O) groups excluding carboxylic acids is 2. The first-order chi connectivity index (χ1) is 13.3. The molecule has 0 unspecified atom stereocenters. The Balaban J connectivity index is 1.65. The number of nitrogens with one attached hydrogen (secondary N) is 1. The fourth-order valence-electron chi connectivity index (χ4n) is 3.36. The first-order valence-corrected chi connectivity index (χ1v) is 9.94. The maximum atomic E-state index is 12.4. The number of halogens is 1. The summed E-state index contributed by atoms with van der Waals surface area (Å²) in [5.74, 6) is 0.0553. The molecule has 0 aliphatic carbocycles. The molecule has 148 valence electrons. The molecule has 0 spiro atoms. The molecule has 1 aliphatic rings. The summed E-state index contributed by atoms with van der Waals surface area (Å²) in [4.78, 5) is 28.6. The Morgan fingerprint density at radius 1 is 1.04 bits per heavy atom. The second kappa shape index (κ2) is 8.65. The van der Waals surface area contributed by atoms with E-state index in [4.69, 9.17) is 11.6 Å². The van der Waals surface area contributed by atoms with Crippen LogP contribution in [0.15, 0.2) is 42.5 Å². The maximum absolute atomic E-state index is 12.4. The lowest BCUT2D eigenvalue weighted by molar-refractivity contribution is -0.134. The molecule has 2 amide bonds. The lowest BCUT2D eigenvalue weighted by Gasteiger charge is -2.37. The van der Waals surface area contributed by atoms with Gasteiger partial charge in [-0.3, -0.25) is 9.59 Å². The van der Waals surface area contributed by atoms with Gasteiger partial charge in [-0.05, 0) is 37.3 Å². The molecule has 1 aliphatic heterocycles. The summed E-state index contributed by atoms with van der Waals surface area (Å²) in [6.45, 7) is 8.68. The largest absolute Gasteiger partial charge is 0.367 e. The summed E-state index contributed by atoms with van der Waals surface area (Å²) in [6.07, 6.45) is 0. The SMILES string of the molecule is Cc1cccc(C(=O)Nc2ccc(N3CCN(C(=O)C(C)C)CC3)c(Cl)c2)c1. The highest BCUT2D eigenvalue weighted by Gasteiger charge is 2.24. The van der Waals surface area contributed by atoms with E-state index >= 15 is 0 Å². The van der Waals surface area contributed by atoms with Gasteiger partial charge in [-0.2, -0.15) is 0 Å². The molecule has 0 bridgehead atoms. The zero-order chi connectivity index (χ0) is 20.3. The average molecular weight is 400 g/mol. The standard InChI is InChI=1S/C22H26ClN3O2/c1-15(2)22(28)26-11-9-25(10-12-26)20-8-7-18(14-19(20)23)24-21(27)17-6-4-5-16(3)13-17/h4-8,13-15H,9-12H2,1-3H3,(H,24,27). The van der Waals surface area contributed by atoms with E-state index in [1.165, 1.54) is 0 Å². The van der Waals surface area contributed by atoms with Gasteiger partial charge in [0, 0.05) is 43.3 Å². The molecule has 1 N–H and O–H groups in total. The third kappa shape index (κ3) is 4.65. The second-order valence-electron chi connectivity index (χ2n) is 7.46. The fourth-order valence-corrected chi connectivity index (χ4v) is 3.66. The number of carbonyl (C=O) groups is 2. The summed E-state index contributed by atoms with van der Waals surface area (Å²) in [5.41, 5.74) is 3.24. The number of hydrogen-bond donors (Lipinski definition) is 1. The Bertz CT molecular complexity index is 874. The van der Waals surface area contributed by atoms with E-state index < -0.39 is 0 Å². The van der Waals surface area contributed by atoms with Crippen LogP contribution in [0, 0.1) is 12.8 Å². The van der Waals surface area contributed by atoms with Crippen molar-refractivity contribution in [1.29, 1.82) is 0 Å². The van der Waals surface area contributed by atoms with E-state index in [1.54, 1.807) is 12.1 Å². The van der Waals surface area contributed by atoms with Gasteiger partial charge in [0.1, 0.15) is 0 Å². The number of anilines is 2. The van der Waals surface area contributed by atoms with Crippen molar-refractivity contribution in [3.63, 3.8) is 0 Å².